The van der Waals surface area contributed by atoms with Crippen molar-refractivity contribution in [3.63, 3.8) is 0 Å². The number of ketones is 1. The molecule has 92 valence electrons. The molecule has 0 atom stereocenters. The van der Waals surface area contributed by atoms with Crippen molar-refractivity contribution in [1.82, 2.24) is 0 Å². The Hall–Kier alpha value is -1.00. The highest BCUT2D eigenvalue weighted by atomic mass is 79.9. The summed E-state index contributed by atoms with van der Waals surface area (Å²) >= 11 is 6.65. The Labute approximate surface area is 121 Å². The Morgan fingerprint density at radius 1 is 0.944 bits per heavy atom. The molecular weight excluding hydrogens is 363 g/mol. The molecule has 0 saturated heterocycles. The zero-order valence-electron chi connectivity index (χ0n) is 9.24. The molecule has 0 radical (unpaired) electrons. The van der Waals surface area contributed by atoms with Gasteiger partial charge in [0.15, 0.2) is 9.02 Å². The summed E-state index contributed by atoms with van der Waals surface area (Å²) in [6.07, 6.45) is 0. The summed E-state index contributed by atoms with van der Waals surface area (Å²) in [4.78, 5) is 12.4. The van der Waals surface area contributed by atoms with E-state index in [2.05, 4.69) is 31.9 Å². The van der Waals surface area contributed by atoms with E-state index in [1.54, 1.807) is 24.3 Å². The molecule has 0 aliphatic heterocycles. The lowest BCUT2D eigenvalue weighted by Crippen LogP contribution is -2.23. The molecule has 0 aliphatic rings. The monoisotopic (exact) mass is 370 g/mol. The molecule has 0 amide bonds. The van der Waals surface area contributed by atoms with Gasteiger partial charge in [-0.2, -0.15) is 0 Å². The highest BCUT2D eigenvalue weighted by Crippen LogP contribution is 2.41. The molecule has 0 bridgehead atoms. The highest BCUT2D eigenvalue weighted by Gasteiger charge is 2.36. The molecule has 0 aliphatic carbocycles. The first-order valence-corrected chi connectivity index (χ1v) is 6.85. The van der Waals surface area contributed by atoms with Crippen molar-refractivity contribution in [2.24, 2.45) is 0 Å². The van der Waals surface area contributed by atoms with Crippen LogP contribution in [0.5, 0.6) is 0 Å². The molecule has 0 saturated carbocycles. The topological polar surface area (TPSA) is 17.1 Å². The second-order valence-corrected chi connectivity index (χ2v) is 7.19. The summed E-state index contributed by atoms with van der Waals surface area (Å²) in [6, 6.07) is 15.0. The van der Waals surface area contributed by atoms with E-state index < -0.39 is 9.05 Å². The van der Waals surface area contributed by atoms with Crippen LogP contribution in [-0.2, 0) is 3.23 Å². The van der Waals surface area contributed by atoms with Gasteiger partial charge in [-0.15, -0.1) is 0 Å². The molecule has 0 fully saturated rings. The molecule has 0 N–H and O–H groups in total. The van der Waals surface area contributed by atoms with Gasteiger partial charge in [-0.25, -0.2) is 4.39 Å². The fourth-order valence-corrected chi connectivity index (χ4v) is 2.55. The third kappa shape index (κ3) is 2.54. The van der Waals surface area contributed by atoms with Crippen molar-refractivity contribution >= 4 is 37.6 Å². The zero-order chi connectivity index (χ0) is 13.2. The van der Waals surface area contributed by atoms with Gasteiger partial charge in [-0.05, 0) is 17.7 Å². The molecule has 0 aromatic heterocycles. The smallest absolute Gasteiger partial charge is 0.197 e. The van der Waals surface area contributed by atoms with Crippen LogP contribution in [0.2, 0.25) is 0 Å². The summed E-state index contributed by atoms with van der Waals surface area (Å²) in [5.41, 5.74) is 0.772. The second kappa shape index (κ2) is 5.33. The van der Waals surface area contributed by atoms with Crippen LogP contribution in [0.1, 0.15) is 15.9 Å². The first kappa shape index (κ1) is 13.4. The average molecular weight is 372 g/mol. The molecule has 0 heterocycles. The van der Waals surface area contributed by atoms with Gasteiger partial charge < -0.3 is 0 Å². The number of alkyl halides is 2. The molecule has 18 heavy (non-hydrogen) atoms. The minimum absolute atomic E-state index is 0.0510. The van der Waals surface area contributed by atoms with Crippen LogP contribution < -0.4 is 0 Å². The second-order valence-electron chi connectivity index (χ2n) is 3.75. The Morgan fingerprint density at radius 3 is 2.11 bits per heavy atom. The first-order chi connectivity index (χ1) is 8.53. The maximum atomic E-state index is 13.6. The van der Waals surface area contributed by atoms with Crippen LogP contribution in [-0.4, -0.2) is 5.78 Å². The van der Waals surface area contributed by atoms with Crippen molar-refractivity contribution in [1.29, 1.82) is 0 Å². The number of carbonyl (C=O) groups is 1. The summed E-state index contributed by atoms with van der Waals surface area (Å²) < 4.78 is 12.5. The van der Waals surface area contributed by atoms with Gasteiger partial charge in [0.25, 0.3) is 0 Å². The van der Waals surface area contributed by atoms with Crippen LogP contribution in [0.4, 0.5) is 4.39 Å². The van der Waals surface area contributed by atoms with E-state index in [9.17, 15) is 9.18 Å². The number of Topliss-reactive ketones (excluding diaryl/α,β-unsaturated/α-hetero) is 1. The maximum absolute atomic E-state index is 13.6. The van der Waals surface area contributed by atoms with Crippen LogP contribution in [0.3, 0.4) is 0 Å². The molecule has 0 spiro atoms. The number of rotatable bonds is 3. The van der Waals surface area contributed by atoms with Crippen molar-refractivity contribution in [3.8, 4) is 0 Å². The molecule has 2 aromatic rings. The number of hydrogen-bond donors (Lipinski definition) is 0. The summed E-state index contributed by atoms with van der Waals surface area (Å²) in [5, 5.41) is 0. The van der Waals surface area contributed by atoms with E-state index in [-0.39, 0.29) is 11.3 Å². The molecule has 1 nitrogen and oxygen atoms in total. The predicted octanol–water partition coefficient (Wildman–Crippen LogP) is 4.65. The lowest BCUT2D eigenvalue weighted by molar-refractivity contribution is 0.0978. The molecule has 4 heteroatoms. The normalized spacial score (nSPS) is 11.3. The van der Waals surface area contributed by atoms with Crippen molar-refractivity contribution < 1.29 is 9.18 Å². The van der Waals surface area contributed by atoms with Gasteiger partial charge in [0.1, 0.15) is 5.82 Å². The van der Waals surface area contributed by atoms with Gasteiger partial charge in [0.05, 0.1) is 5.56 Å². The van der Waals surface area contributed by atoms with Crippen LogP contribution in [0, 0.1) is 5.82 Å². The van der Waals surface area contributed by atoms with E-state index >= 15 is 0 Å². The molecule has 2 rings (SSSR count). The quantitative estimate of drug-likeness (QED) is 0.566. The lowest BCUT2D eigenvalue weighted by atomic mass is 10.0. The Balaban J connectivity index is 2.43. The van der Waals surface area contributed by atoms with Crippen LogP contribution in [0.25, 0.3) is 0 Å². The van der Waals surface area contributed by atoms with E-state index in [1.807, 2.05) is 18.2 Å². The zero-order valence-corrected chi connectivity index (χ0v) is 12.4. The minimum atomic E-state index is -1.11. The number of hydrogen-bond acceptors (Lipinski definition) is 1. The Morgan fingerprint density at radius 2 is 1.50 bits per heavy atom. The SMILES string of the molecule is O=C(c1ccccc1F)C(Br)(Br)c1ccccc1. The Kier molecular flexibility index (Phi) is 3.97. The van der Waals surface area contributed by atoms with E-state index in [0.717, 1.165) is 5.56 Å². The van der Waals surface area contributed by atoms with Gasteiger partial charge in [-0.3, -0.25) is 4.79 Å². The molecular formula is C14H9Br2FO. The van der Waals surface area contributed by atoms with Gasteiger partial charge in [0.2, 0.25) is 0 Å². The standard InChI is InChI=1S/C14H9Br2FO/c15-14(16,10-6-2-1-3-7-10)13(18)11-8-4-5-9-12(11)17/h1-9H. The average Bonchev–Trinajstić information content (AvgIpc) is 2.39. The van der Waals surface area contributed by atoms with Gasteiger partial charge >= 0.3 is 0 Å². The van der Waals surface area contributed by atoms with Gasteiger partial charge in [0, 0.05) is 0 Å². The third-order valence-corrected chi connectivity index (χ3v) is 4.18. The number of halogens is 3. The first-order valence-electron chi connectivity index (χ1n) is 5.26. The van der Waals surface area contributed by atoms with Crippen LogP contribution >= 0.6 is 31.9 Å². The lowest BCUT2D eigenvalue weighted by Gasteiger charge is -2.19. The maximum Gasteiger partial charge on any atom is 0.197 e. The third-order valence-electron chi connectivity index (χ3n) is 2.54. The molecule has 0 unspecified atom stereocenters. The fraction of sp³-hybridized carbons (Fsp3) is 0.0714. The van der Waals surface area contributed by atoms with E-state index in [0.29, 0.717) is 0 Å². The largest absolute Gasteiger partial charge is 0.291 e. The molecule has 2 aromatic carbocycles. The van der Waals surface area contributed by atoms with E-state index in [4.69, 9.17) is 0 Å². The fourth-order valence-electron chi connectivity index (χ4n) is 1.59. The minimum Gasteiger partial charge on any atom is -0.291 e. The van der Waals surface area contributed by atoms with Crippen molar-refractivity contribution in [2.75, 3.05) is 0 Å². The summed E-state index contributed by atoms with van der Waals surface area (Å²) in [6.45, 7) is 0. The number of benzene rings is 2. The highest BCUT2D eigenvalue weighted by molar-refractivity contribution is 9.25. The predicted molar refractivity (Wildman–Crippen MR) is 76.7 cm³/mol. The van der Waals surface area contributed by atoms with E-state index in [1.165, 1.54) is 12.1 Å². The Bertz CT molecular complexity index is 567. The summed E-state index contributed by atoms with van der Waals surface area (Å²) in [5.74, 6) is -0.895. The summed E-state index contributed by atoms with van der Waals surface area (Å²) in [7, 11) is 0. The number of carbonyl (C=O) groups excluding carboxylic acids is 1. The van der Waals surface area contributed by atoms with Crippen molar-refractivity contribution in [2.45, 2.75) is 3.23 Å². The van der Waals surface area contributed by atoms with Crippen molar-refractivity contribution in [3.05, 3.63) is 71.5 Å². The van der Waals surface area contributed by atoms with Gasteiger partial charge in [-0.1, -0.05) is 74.3 Å². The van der Waals surface area contributed by atoms with Crippen LogP contribution in [0.15, 0.2) is 54.6 Å².